The van der Waals surface area contributed by atoms with Crippen molar-refractivity contribution in [3.05, 3.63) is 86.5 Å². The molecule has 0 radical (unpaired) electrons. The molecule has 0 amide bonds. The van der Waals surface area contributed by atoms with Crippen molar-refractivity contribution in [2.45, 2.75) is 50.9 Å². The van der Waals surface area contributed by atoms with E-state index in [1.807, 2.05) is 6.92 Å². The molecule has 0 aliphatic heterocycles. The summed E-state index contributed by atoms with van der Waals surface area (Å²) in [5.74, 6) is 0.370. The molecule has 2 heteroatoms. The number of allylic oxidation sites excluding steroid dienone is 3. The molecule has 3 atom stereocenters. The Labute approximate surface area is 277 Å². The number of rotatable bonds is 2. The van der Waals surface area contributed by atoms with Crippen LogP contribution in [0.3, 0.4) is 0 Å². The van der Waals surface area contributed by atoms with Gasteiger partial charge < -0.3 is 4.74 Å². The van der Waals surface area contributed by atoms with Crippen LogP contribution in [0.1, 0.15) is 70.7 Å². The fraction of sp³-hybridized carbons (Fsp3) is 0.213. The Kier molecular flexibility index (Phi) is 2.74. The molecular weight excluding hydrogens is 597 g/mol. The lowest BCUT2D eigenvalue weighted by atomic mass is 9.55. The van der Waals surface area contributed by atoms with Crippen molar-refractivity contribution >= 4 is 119 Å². The number of hydrogen-bond donors (Lipinski definition) is 0. The van der Waals surface area contributed by atoms with Gasteiger partial charge in [-0.25, -0.2) is 4.79 Å². The van der Waals surface area contributed by atoms with Gasteiger partial charge in [0.15, 0.2) is 0 Å². The summed E-state index contributed by atoms with van der Waals surface area (Å²) in [6, 6.07) is 10.5. The lowest BCUT2D eigenvalue weighted by Crippen LogP contribution is -2.40. The van der Waals surface area contributed by atoms with Crippen molar-refractivity contribution in [3.8, 4) is 0 Å². The van der Waals surface area contributed by atoms with E-state index in [0.717, 1.165) is 31.3 Å². The summed E-state index contributed by atoms with van der Waals surface area (Å²) in [5, 5.41) is 31.3. The maximum Gasteiger partial charge on any atom is 0.333 e. The van der Waals surface area contributed by atoms with E-state index in [4.69, 9.17) is 4.74 Å². The highest BCUT2D eigenvalue weighted by Crippen LogP contribution is 2.73. The van der Waals surface area contributed by atoms with Crippen molar-refractivity contribution in [2.24, 2.45) is 5.92 Å². The number of ether oxygens (including phenoxy) is 1. The lowest BCUT2D eigenvalue weighted by Gasteiger charge is -2.47. The van der Waals surface area contributed by atoms with E-state index in [-0.39, 0.29) is 23.2 Å². The maximum atomic E-state index is 13.7. The van der Waals surface area contributed by atoms with Crippen molar-refractivity contribution in [2.75, 3.05) is 6.61 Å². The summed E-state index contributed by atoms with van der Waals surface area (Å²) in [7, 11) is 0. The van der Waals surface area contributed by atoms with Crippen molar-refractivity contribution in [1.29, 1.82) is 0 Å². The molecule has 0 bridgehead atoms. The summed E-state index contributed by atoms with van der Waals surface area (Å²) >= 11 is 0. The number of fused-ring (bicyclic) bond motifs is 1. The standard InChI is InChI=1S/C47H24O2/c1-3-49-46(48)22-4-14(2)44-23-11-20-9-17-7-18-6-15-5-16-8-19-10-21-12-47(44,13-22)45-30(21)35-29(19)34-25(16)24(15)32-28(18)33-26(17)27(20)36-31(23)43(45)42-40(35)38(34)37(32)39(33)41(36)42/h4,6,8-9,11-12,14,44H,3,5,7,10,13H2,1-2H3. The molecule has 0 aromatic heterocycles. The topological polar surface area (TPSA) is 26.3 Å². The first-order valence-electron chi connectivity index (χ1n) is 18.5. The minimum absolute atomic E-state index is 0.123. The first-order chi connectivity index (χ1) is 24.1. The third-order valence-electron chi connectivity index (χ3n) is 15.5. The second-order valence-corrected chi connectivity index (χ2v) is 17.2. The Morgan fingerprint density at radius 1 is 0.653 bits per heavy atom. The summed E-state index contributed by atoms with van der Waals surface area (Å²) in [4.78, 5) is 13.7. The van der Waals surface area contributed by atoms with Gasteiger partial charge in [0.1, 0.15) is 0 Å². The molecule has 17 rings (SSSR count). The molecule has 6 aliphatic rings. The summed E-state index contributed by atoms with van der Waals surface area (Å²) < 4.78 is 5.75. The molecule has 11 aromatic carbocycles. The highest BCUT2D eigenvalue weighted by Gasteiger charge is 2.56. The average molecular weight is 621 g/mol. The van der Waals surface area contributed by atoms with E-state index in [1.54, 1.807) is 125 Å². The summed E-state index contributed by atoms with van der Waals surface area (Å²) in [5.41, 5.74) is 14.5. The van der Waals surface area contributed by atoms with Crippen LogP contribution in [0.2, 0.25) is 0 Å². The molecule has 0 fully saturated rings. The van der Waals surface area contributed by atoms with E-state index in [9.17, 15) is 4.79 Å². The minimum atomic E-state index is -0.253. The fourth-order valence-corrected chi connectivity index (χ4v) is 14.8. The van der Waals surface area contributed by atoms with Gasteiger partial charge in [0, 0.05) is 16.9 Å². The Morgan fingerprint density at radius 2 is 1.20 bits per heavy atom. The van der Waals surface area contributed by atoms with E-state index in [0.29, 0.717) is 6.61 Å². The van der Waals surface area contributed by atoms with Crippen LogP contribution in [0.4, 0.5) is 0 Å². The summed E-state index contributed by atoms with van der Waals surface area (Å²) in [6.45, 7) is 4.73. The zero-order valence-corrected chi connectivity index (χ0v) is 27.0. The Morgan fingerprint density at radius 3 is 1.92 bits per heavy atom. The van der Waals surface area contributed by atoms with Crippen molar-refractivity contribution in [1.82, 2.24) is 0 Å². The molecule has 0 saturated carbocycles. The van der Waals surface area contributed by atoms with Crippen LogP contribution >= 0.6 is 0 Å². The first-order valence-corrected chi connectivity index (χ1v) is 18.5. The number of benzene rings is 7. The first kappa shape index (κ1) is 22.4. The lowest BCUT2D eigenvalue weighted by molar-refractivity contribution is -0.139. The quantitative estimate of drug-likeness (QED) is 0.142. The van der Waals surface area contributed by atoms with E-state index >= 15 is 0 Å². The van der Waals surface area contributed by atoms with Crippen LogP contribution in [0.15, 0.2) is 42.0 Å². The van der Waals surface area contributed by atoms with Crippen molar-refractivity contribution < 1.29 is 9.53 Å². The number of carbonyl (C=O) groups excluding carboxylic acids is 1. The number of carbonyl (C=O) groups is 1. The highest BCUT2D eigenvalue weighted by molar-refractivity contribution is 6.64. The monoisotopic (exact) mass is 620 g/mol. The van der Waals surface area contributed by atoms with Gasteiger partial charge in [0.05, 0.1) is 6.61 Å². The molecule has 3 unspecified atom stereocenters. The van der Waals surface area contributed by atoms with E-state index in [2.05, 4.69) is 43.3 Å². The maximum absolute atomic E-state index is 13.7. The molecule has 2 nitrogen and oxygen atoms in total. The van der Waals surface area contributed by atoms with Crippen LogP contribution in [-0.2, 0) is 34.2 Å². The predicted molar refractivity (Wildman–Crippen MR) is 200 cm³/mol. The summed E-state index contributed by atoms with van der Waals surface area (Å²) in [6.07, 6.45) is 8.81. The van der Waals surface area contributed by atoms with Crippen LogP contribution in [0.5, 0.6) is 0 Å². The Bertz CT molecular complexity index is 3640. The number of hydrogen-bond acceptors (Lipinski definition) is 2. The third kappa shape index (κ3) is 1.71. The van der Waals surface area contributed by atoms with Crippen LogP contribution in [-0.4, -0.2) is 12.6 Å². The van der Waals surface area contributed by atoms with Gasteiger partial charge in [0.2, 0.25) is 0 Å². The third-order valence-corrected chi connectivity index (χ3v) is 15.5. The van der Waals surface area contributed by atoms with Gasteiger partial charge in [-0.05, 0) is 196 Å². The second-order valence-electron chi connectivity index (χ2n) is 17.2. The zero-order valence-electron chi connectivity index (χ0n) is 27.0. The number of esters is 1. The molecule has 1 spiro atoms. The SMILES string of the molecule is CCOC(=O)C1=CC(C)C2c3cc4cc5c6c4c4c3c3c7c8c9c%10c(cc%11c%12c%13c(cc(c%14c%13c%13c(c%12%10)c9c3c4c%13c6%14)C5)C%11)CC8=CC72C1. The van der Waals surface area contributed by atoms with Gasteiger partial charge in [-0.2, -0.15) is 0 Å². The highest BCUT2D eigenvalue weighted by atomic mass is 16.5. The van der Waals surface area contributed by atoms with Gasteiger partial charge in [0.25, 0.3) is 0 Å². The smallest absolute Gasteiger partial charge is 0.333 e. The predicted octanol–water partition coefficient (Wildman–Crippen LogP) is 10.9. The fourth-order valence-electron chi connectivity index (χ4n) is 14.8. The van der Waals surface area contributed by atoms with Gasteiger partial charge in [-0.3, -0.25) is 0 Å². The second kappa shape index (κ2) is 5.98. The Hall–Kier alpha value is -5.21. The van der Waals surface area contributed by atoms with Gasteiger partial charge >= 0.3 is 5.97 Å². The molecule has 0 N–H and O–H groups in total. The molecule has 49 heavy (non-hydrogen) atoms. The van der Waals surface area contributed by atoms with Crippen LogP contribution in [0, 0.1) is 5.92 Å². The molecule has 6 aliphatic carbocycles. The van der Waals surface area contributed by atoms with Gasteiger partial charge in [-0.15, -0.1) is 0 Å². The molecule has 0 saturated heterocycles. The Balaban J connectivity index is 1.27. The van der Waals surface area contributed by atoms with Crippen molar-refractivity contribution in [3.63, 3.8) is 0 Å². The van der Waals surface area contributed by atoms with E-state index in [1.165, 1.54) is 33.0 Å². The normalized spacial score (nSPS) is 24.3. The molecular formula is C47H24O2. The molecule has 224 valence electrons. The van der Waals surface area contributed by atoms with Crippen LogP contribution in [0.25, 0.3) is 113 Å². The average Bonchev–Trinajstić information content (AvgIpc) is 3.90. The zero-order chi connectivity index (χ0) is 31.0. The van der Waals surface area contributed by atoms with Gasteiger partial charge in [-0.1, -0.05) is 43.3 Å². The molecule has 11 aromatic rings. The molecule has 0 heterocycles. The minimum Gasteiger partial charge on any atom is -0.463 e. The van der Waals surface area contributed by atoms with E-state index < -0.39 is 0 Å². The van der Waals surface area contributed by atoms with Crippen LogP contribution < -0.4 is 0 Å². The largest absolute Gasteiger partial charge is 0.463 e.